The lowest BCUT2D eigenvalue weighted by atomic mass is 10.2. The summed E-state index contributed by atoms with van der Waals surface area (Å²) in [6.07, 6.45) is 2.04. The molecule has 1 fully saturated rings. The minimum Gasteiger partial charge on any atom is -0.254 e. The number of rotatable bonds is 3. The van der Waals surface area contributed by atoms with Crippen LogP contribution in [0.15, 0.2) is 34.6 Å². The van der Waals surface area contributed by atoms with Crippen molar-refractivity contribution >= 4 is 44.5 Å². The van der Waals surface area contributed by atoms with E-state index in [1.165, 1.54) is 39.4 Å². The van der Waals surface area contributed by atoms with Crippen LogP contribution >= 0.6 is 23.3 Å². The quantitative estimate of drug-likeness (QED) is 0.349. The molecule has 0 radical (unpaired) electrons. The SMILES string of the molecule is CC.CC.Cc1ccc(-n2c(=O)n(SC3CC3)c3cc4scnc4c(F)c32)c(F)c1. The summed E-state index contributed by atoms with van der Waals surface area (Å²) in [5.74, 6) is -1.15. The van der Waals surface area contributed by atoms with Gasteiger partial charge in [-0.3, -0.25) is 4.57 Å². The van der Waals surface area contributed by atoms with Gasteiger partial charge in [-0.1, -0.05) is 33.8 Å². The monoisotopic (exact) mass is 449 g/mol. The van der Waals surface area contributed by atoms with E-state index in [4.69, 9.17) is 0 Å². The lowest BCUT2D eigenvalue weighted by Gasteiger charge is -2.06. The van der Waals surface area contributed by atoms with Crippen LogP contribution in [0.5, 0.6) is 0 Å². The van der Waals surface area contributed by atoms with Crippen molar-refractivity contribution in [2.24, 2.45) is 0 Å². The van der Waals surface area contributed by atoms with Crippen molar-refractivity contribution in [3.05, 3.63) is 57.5 Å². The third-order valence-corrected chi connectivity index (χ3v) is 6.56. The van der Waals surface area contributed by atoms with Crippen molar-refractivity contribution in [3.8, 4) is 5.69 Å². The first-order chi connectivity index (χ1) is 14.5. The zero-order valence-corrected chi connectivity index (χ0v) is 19.3. The Morgan fingerprint density at radius 2 is 1.83 bits per heavy atom. The second kappa shape index (κ2) is 9.31. The van der Waals surface area contributed by atoms with Crippen LogP contribution in [0.1, 0.15) is 46.1 Å². The molecule has 0 spiro atoms. The van der Waals surface area contributed by atoms with Crippen LogP contribution in [0.25, 0.3) is 26.9 Å². The highest BCUT2D eigenvalue weighted by molar-refractivity contribution is 7.98. The number of nitrogens with zero attached hydrogens (tertiary/aromatic N) is 3. The lowest BCUT2D eigenvalue weighted by Crippen LogP contribution is -2.21. The Hall–Kier alpha value is -2.19. The zero-order valence-electron chi connectivity index (χ0n) is 17.7. The third-order valence-electron chi connectivity index (χ3n) is 4.45. The molecule has 1 aliphatic rings. The Bertz CT molecular complexity index is 1240. The maximum atomic E-state index is 15.2. The highest BCUT2D eigenvalue weighted by Gasteiger charge is 2.29. The van der Waals surface area contributed by atoms with Crippen LogP contribution in [0.2, 0.25) is 0 Å². The maximum Gasteiger partial charge on any atom is 0.344 e. The van der Waals surface area contributed by atoms with Crippen LogP contribution < -0.4 is 5.69 Å². The zero-order chi connectivity index (χ0) is 22.0. The van der Waals surface area contributed by atoms with E-state index in [0.717, 1.165) is 23.0 Å². The van der Waals surface area contributed by atoms with Gasteiger partial charge in [0.15, 0.2) is 5.82 Å². The average molecular weight is 450 g/mol. The number of aromatic nitrogens is 3. The summed E-state index contributed by atoms with van der Waals surface area (Å²) in [4.78, 5) is 17.2. The molecule has 1 saturated carbocycles. The van der Waals surface area contributed by atoms with E-state index in [9.17, 15) is 9.18 Å². The van der Waals surface area contributed by atoms with Crippen LogP contribution in [0.3, 0.4) is 0 Å². The molecule has 0 N–H and O–H groups in total. The Morgan fingerprint density at radius 1 is 1.13 bits per heavy atom. The van der Waals surface area contributed by atoms with Gasteiger partial charge in [0.2, 0.25) is 0 Å². The molecule has 0 atom stereocenters. The Kier molecular flexibility index (Phi) is 6.98. The molecule has 0 saturated heterocycles. The minimum atomic E-state index is -0.592. The van der Waals surface area contributed by atoms with E-state index in [2.05, 4.69) is 4.98 Å². The van der Waals surface area contributed by atoms with Gasteiger partial charge < -0.3 is 0 Å². The normalized spacial score (nSPS) is 13.0. The van der Waals surface area contributed by atoms with Gasteiger partial charge in [-0.25, -0.2) is 22.5 Å². The summed E-state index contributed by atoms with van der Waals surface area (Å²) in [7, 11) is 0. The topological polar surface area (TPSA) is 39.8 Å². The van der Waals surface area contributed by atoms with E-state index >= 15 is 4.39 Å². The molecule has 0 unspecified atom stereocenters. The standard InChI is InChI=1S/C18H13F2N3OS2.2C2H6/c1-9-2-5-12(11(19)6-9)22-17-13(23(18(22)24)26-10-3-4-10)7-14-16(15(17)20)21-8-25-14;2*1-2/h2,5-8,10H,3-4H2,1H3;2*1-2H3. The largest absolute Gasteiger partial charge is 0.344 e. The fourth-order valence-corrected chi connectivity index (χ4v) is 4.81. The van der Waals surface area contributed by atoms with Gasteiger partial charge >= 0.3 is 5.69 Å². The van der Waals surface area contributed by atoms with Crippen LogP contribution in [0, 0.1) is 18.6 Å². The Balaban J connectivity index is 0.000000606. The second-order valence-electron chi connectivity index (χ2n) is 6.43. The molecule has 2 aromatic carbocycles. The molecule has 5 rings (SSSR count). The fourth-order valence-electron chi connectivity index (χ4n) is 3.04. The number of thiazole rings is 1. The summed E-state index contributed by atoms with van der Waals surface area (Å²) in [6.45, 7) is 9.77. The molecule has 2 aromatic heterocycles. The first-order valence-electron chi connectivity index (χ1n) is 10.2. The number of hydrogen-bond acceptors (Lipinski definition) is 4. The van der Waals surface area contributed by atoms with E-state index in [1.54, 1.807) is 24.6 Å². The molecular formula is C22H25F2N3OS2. The van der Waals surface area contributed by atoms with Crippen LogP contribution in [-0.4, -0.2) is 18.8 Å². The molecule has 4 nitrogen and oxygen atoms in total. The average Bonchev–Trinajstić information content (AvgIpc) is 3.38. The first kappa shape index (κ1) is 22.5. The minimum absolute atomic E-state index is 0.0502. The van der Waals surface area contributed by atoms with E-state index in [0.29, 0.717) is 15.5 Å². The summed E-state index contributed by atoms with van der Waals surface area (Å²) < 4.78 is 33.1. The molecule has 0 amide bonds. The Morgan fingerprint density at radius 3 is 2.47 bits per heavy atom. The highest BCUT2D eigenvalue weighted by atomic mass is 32.2. The number of benzene rings is 2. The van der Waals surface area contributed by atoms with Crippen LogP contribution in [-0.2, 0) is 0 Å². The van der Waals surface area contributed by atoms with Crippen molar-refractivity contribution in [1.29, 1.82) is 0 Å². The molecule has 4 aromatic rings. The van der Waals surface area contributed by atoms with E-state index in [1.807, 2.05) is 27.7 Å². The fraction of sp³-hybridized carbons (Fsp3) is 0.364. The van der Waals surface area contributed by atoms with Crippen molar-refractivity contribution in [2.75, 3.05) is 0 Å². The smallest absolute Gasteiger partial charge is 0.254 e. The number of imidazole rings is 1. The maximum absolute atomic E-state index is 15.2. The van der Waals surface area contributed by atoms with E-state index in [-0.39, 0.29) is 16.7 Å². The Labute approximate surface area is 182 Å². The van der Waals surface area contributed by atoms with Gasteiger partial charge in [-0.05, 0) is 55.5 Å². The van der Waals surface area contributed by atoms with E-state index < -0.39 is 17.3 Å². The van der Waals surface area contributed by atoms with Crippen molar-refractivity contribution < 1.29 is 8.78 Å². The summed E-state index contributed by atoms with van der Waals surface area (Å²) in [6, 6.07) is 6.34. The third kappa shape index (κ3) is 3.90. The van der Waals surface area contributed by atoms with Gasteiger partial charge in [-0.2, -0.15) is 0 Å². The predicted octanol–water partition coefficient (Wildman–Crippen LogP) is 6.70. The van der Waals surface area contributed by atoms with Crippen molar-refractivity contribution in [3.63, 3.8) is 0 Å². The number of halogens is 2. The van der Waals surface area contributed by atoms with Gasteiger partial charge in [-0.15, -0.1) is 11.3 Å². The van der Waals surface area contributed by atoms with Crippen molar-refractivity contribution in [1.82, 2.24) is 13.5 Å². The van der Waals surface area contributed by atoms with Gasteiger partial charge in [0.25, 0.3) is 0 Å². The predicted molar refractivity (Wildman–Crippen MR) is 124 cm³/mol. The number of hydrogen-bond donors (Lipinski definition) is 0. The van der Waals surface area contributed by atoms with Gasteiger partial charge in [0.1, 0.15) is 16.9 Å². The van der Waals surface area contributed by atoms with Crippen molar-refractivity contribution in [2.45, 2.75) is 52.7 Å². The molecular weight excluding hydrogens is 424 g/mol. The molecule has 30 heavy (non-hydrogen) atoms. The molecule has 160 valence electrons. The molecule has 0 bridgehead atoms. The summed E-state index contributed by atoms with van der Waals surface area (Å²) >= 11 is 2.70. The van der Waals surface area contributed by atoms with Gasteiger partial charge in [0, 0.05) is 5.25 Å². The second-order valence-corrected chi connectivity index (χ2v) is 8.56. The number of aryl methyl sites for hydroxylation is 1. The molecule has 2 heterocycles. The molecule has 0 aliphatic heterocycles. The summed E-state index contributed by atoms with van der Waals surface area (Å²) in [5.41, 5.74) is 2.64. The molecule has 8 heteroatoms. The van der Waals surface area contributed by atoms with Gasteiger partial charge in [0.05, 0.1) is 21.4 Å². The van der Waals surface area contributed by atoms with Crippen LogP contribution in [0.4, 0.5) is 8.78 Å². The highest BCUT2D eigenvalue weighted by Crippen LogP contribution is 2.38. The summed E-state index contributed by atoms with van der Waals surface area (Å²) in [5, 5.41) is 0.342. The lowest BCUT2D eigenvalue weighted by molar-refractivity contribution is 0.612. The first-order valence-corrected chi connectivity index (χ1v) is 11.9. The molecule has 1 aliphatic carbocycles. The number of fused-ring (bicyclic) bond motifs is 2.